The van der Waals surface area contributed by atoms with Gasteiger partial charge < -0.3 is 24.8 Å². The maximum Gasteiger partial charge on any atom is -1.00 e. The van der Waals surface area contributed by atoms with Crippen molar-refractivity contribution in [3.8, 4) is 0 Å². The summed E-state index contributed by atoms with van der Waals surface area (Å²) >= 11 is -2.44. The van der Waals surface area contributed by atoms with E-state index in [4.69, 9.17) is 0 Å². The number of fused-ring (bicyclic) bond motifs is 3. The fraction of sp³-hybridized carbons (Fsp3) is 0.326. The van der Waals surface area contributed by atoms with Crippen LogP contribution in [0.3, 0.4) is 0 Å². The average molecular weight is 727 g/mol. The minimum absolute atomic E-state index is 0. The Hall–Kier alpha value is -2.31. The van der Waals surface area contributed by atoms with Crippen molar-refractivity contribution in [1.29, 1.82) is 0 Å². The van der Waals surface area contributed by atoms with Crippen molar-refractivity contribution in [2.24, 2.45) is 5.41 Å². The Bertz CT molecular complexity index is 1850. The zero-order valence-electron chi connectivity index (χ0n) is 29.2. The molecule has 6 rings (SSSR count). The number of aryl methyl sites for hydroxylation is 1. The monoisotopic (exact) mass is 724 g/mol. The van der Waals surface area contributed by atoms with Gasteiger partial charge in [-0.05, 0) is 0 Å². The van der Waals surface area contributed by atoms with Crippen molar-refractivity contribution in [2.45, 2.75) is 86.5 Å². The molecular formula is C43H48Cl2Zr. The molecule has 3 aromatic rings. The van der Waals surface area contributed by atoms with Gasteiger partial charge in [0.1, 0.15) is 0 Å². The molecule has 0 amide bonds. The van der Waals surface area contributed by atoms with Crippen molar-refractivity contribution in [1.82, 2.24) is 0 Å². The molecule has 0 bridgehead atoms. The molecule has 0 nitrogen and oxygen atoms in total. The molecule has 0 heterocycles. The van der Waals surface area contributed by atoms with Crippen LogP contribution in [0.15, 0.2) is 112 Å². The molecule has 1 atom stereocenters. The molecule has 3 heteroatoms. The summed E-state index contributed by atoms with van der Waals surface area (Å²) in [5.41, 5.74) is 14.2. The Balaban J connectivity index is 0.00000240. The topological polar surface area (TPSA) is 0 Å². The molecule has 0 aliphatic heterocycles. The van der Waals surface area contributed by atoms with Gasteiger partial charge in [0.2, 0.25) is 0 Å². The first-order valence-corrected chi connectivity index (χ1v) is 20.0. The normalized spacial score (nSPS) is 18.5. The van der Waals surface area contributed by atoms with Crippen molar-refractivity contribution in [3.63, 3.8) is 0 Å². The fourth-order valence-corrected chi connectivity index (χ4v) is 15.7. The molecule has 238 valence electrons. The summed E-state index contributed by atoms with van der Waals surface area (Å²) in [6.07, 6.45) is 10.9. The van der Waals surface area contributed by atoms with Crippen molar-refractivity contribution in [2.75, 3.05) is 0 Å². The van der Waals surface area contributed by atoms with Crippen LogP contribution in [-0.2, 0) is 32.1 Å². The standard InChI is InChI=1S/C35H37.C5H5.C3H6.2ClH.Zr/c1-23-19-26-20-29-30(28(26)21-31(23)33(3,4)5)22-35(34(6,7)8,27-17-13-10-14-18-27)24(2)32(29)25-15-11-9-12-16-25;1-2-4-5-3-1;1-3-2;;;/h9-19,21-22H,1-8H3;1-3H,4H2;1-2H3;2*1H;/q;;;;;+2/p-2. The smallest absolute Gasteiger partial charge is 1.00 e. The molecule has 3 aliphatic carbocycles. The van der Waals surface area contributed by atoms with E-state index in [-0.39, 0.29) is 41.1 Å². The number of halogens is 2. The molecule has 0 aromatic heterocycles. The number of benzene rings is 3. The Kier molecular flexibility index (Phi) is 10.6. The molecule has 3 aliphatic rings. The number of hydrogen-bond donors (Lipinski definition) is 0. The Morgan fingerprint density at radius 1 is 0.761 bits per heavy atom. The van der Waals surface area contributed by atoms with Gasteiger partial charge in [-0.25, -0.2) is 0 Å². The first kappa shape index (κ1) is 36.5. The molecule has 0 saturated heterocycles. The summed E-state index contributed by atoms with van der Waals surface area (Å²) in [5.74, 6) is 0. The molecule has 0 radical (unpaired) electrons. The maximum atomic E-state index is 2.71. The van der Waals surface area contributed by atoms with Crippen LogP contribution in [0.5, 0.6) is 0 Å². The van der Waals surface area contributed by atoms with E-state index in [0.717, 1.165) is 6.42 Å². The van der Waals surface area contributed by atoms with Crippen LogP contribution in [0.2, 0.25) is 0 Å². The molecular weight excluding hydrogens is 679 g/mol. The Morgan fingerprint density at radius 2 is 1.37 bits per heavy atom. The summed E-state index contributed by atoms with van der Waals surface area (Å²) in [5, 5.41) is 0. The van der Waals surface area contributed by atoms with Crippen LogP contribution >= 0.6 is 0 Å². The van der Waals surface area contributed by atoms with E-state index >= 15 is 0 Å². The van der Waals surface area contributed by atoms with E-state index in [9.17, 15) is 0 Å². The first-order chi connectivity index (χ1) is 20.8. The third-order valence-electron chi connectivity index (χ3n) is 10.1. The van der Waals surface area contributed by atoms with Crippen molar-refractivity contribution < 1.29 is 46.1 Å². The molecule has 0 saturated carbocycles. The van der Waals surface area contributed by atoms with E-state index in [1.807, 2.05) is 0 Å². The van der Waals surface area contributed by atoms with Crippen LogP contribution in [0, 0.1) is 12.3 Å². The average Bonchev–Trinajstić information content (AvgIpc) is 3.59. The van der Waals surface area contributed by atoms with E-state index in [0.29, 0.717) is 0 Å². The predicted molar refractivity (Wildman–Crippen MR) is 190 cm³/mol. The molecule has 1 unspecified atom stereocenters. The van der Waals surface area contributed by atoms with Gasteiger partial charge in [0, 0.05) is 0 Å². The second-order valence-corrected chi connectivity index (χ2v) is 22.4. The van der Waals surface area contributed by atoms with Gasteiger partial charge in [-0.15, -0.1) is 0 Å². The Morgan fingerprint density at radius 3 is 1.89 bits per heavy atom. The fourth-order valence-electron chi connectivity index (χ4n) is 8.27. The number of rotatable bonds is 4. The van der Waals surface area contributed by atoms with Gasteiger partial charge in [0.05, 0.1) is 0 Å². The molecule has 0 spiro atoms. The van der Waals surface area contributed by atoms with Crippen LogP contribution in [-0.4, -0.2) is 3.21 Å². The van der Waals surface area contributed by atoms with Gasteiger partial charge >= 0.3 is 276 Å². The van der Waals surface area contributed by atoms with Gasteiger partial charge in [-0.2, -0.15) is 0 Å². The molecule has 46 heavy (non-hydrogen) atoms. The predicted octanol–water partition coefficient (Wildman–Crippen LogP) is 5.55. The SMILES string of the molecule is CC1=C(c2ccccc2)C2=[C]([Zr+2]([C]3=CC=CC3)=[C](C)C)c3cc(C)c(C(C)(C)C)cc3C2=CC1(c1ccccc1)C(C)(C)C.[Cl-].[Cl-]. The first-order valence-electron chi connectivity index (χ1n) is 16.3. The van der Waals surface area contributed by atoms with Crippen LogP contribution in [0.4, 0.5) is 0 Å². The van der Waals surface area contributed by atoms with Crippen molar-refractivity contribution >= 4 is 17.6 Å². The van der Waals surface area contributed by atoms with Crippen molar-refractivity contribution in [3.05, 3.63) is 145 Å². The Labute approximate surface area is 298 Å². The zero-order chi connectivity index (χ0) is 31.6. The summed E-state index contributed by atoms with van der Waals surface area (Å²) in [7, 11) is 0. The van der Waals surface area contributed by atoms with E-state index in [1.165, 1.54) is 55.7 Å². The second-order valence-electron chi connectivity index (χ2n) is 15.3. The van der Waals surface area contributed by atoms with Gasteiger partial charge in [0.25, 0.3) is 0 Å². The number of allylic oxidation sites excluding steroid dienone is 9. The second kappa shape index (κ2) is 13.3. The van der Waals surface area contributed by atoms with Gasteiger partial charge in [-0.1, -0.05) is 0 Å². The van der Waals surface area contributed by atoms with E-state index in [1.54, 1.807) is 9.77 Å². The van der Waals surface area contributed by atoms with E-state index in [2.05, 4.69) is 166 Å². The quantitative estimate of drug-likeness (QED) is 0.331. The summed E-state index contributed by atoms with van der Waals surface area (Å²) in [4.78, 5) is 0. The maximum absolute atomic E-state index is 2.71. The molecule has 3 aromatic carbocycles. The van der Waals surface area contributed by atoms with Crippen LogP contribution in [0.25, 0.3) is 14.4 Å². The molecule has 0 N–H and O–H groups in total. The largest absolute Gasteiger partial charge is 1.00 e. The third-order valence-corrected chi connectivity index (χ3v) is 17.6. The molecule has 0 fully saturated rings. The van der Waals surface area contributed by atoms with Crippen LogP contribution < -0.4 is 24.8 Å². The minimum Gasteiger partial charge on any atom is -1.00 e. The summed E-state index contributed by atoms with van der Waals surface area (Å²) < 4.78 is 5.02. The zero-order valence-corrected chi connectivity index (χ0v) is 33.2. The minimum atomic E-state index is -2.44. The van der Waals surface area contributed by atoms with E-state index < -0.39 is 21.3 Å². The van der Waals surface area contributed by atoms with Gasteiger partial charge in [-0.3, -0.25) is 0 Å². The number of hydrogen-bond acceptors (Lipinski definition) is 0. The van der Waals surface area contributed by atoms with Gasteiger partial charge in [0.15, 0.2) is 0 Å². The summed E-state index contributed by atoms with van der Waals surface area (Å²) in [6.45, 7) is 24.0. The van der Waals surface area contributed by atoms with Crippen LogP contribution in [0.1, 0.15) is 102 Å². The summed E-state index contributed by atoms with van der Waals surface area (Å²) in [6, 6.07) is 27.8. The third kappa shape index (κ3) is 5.84.